The molecule has 2 bridgehead atoms. The molecular weight excluding hydrogens is 324 g/mol. The quantitative estimate of drug-likeness (QED) is 0.531. The number of carbonyl (C=O) groups excluding carboxylic acids is 3. The summed E-state index contributed by atoms with van der Waals surface area (Å²) in [5, 5.41) is 0. The van der Waals surface area contributed by atoms with E-state index in [4.69, 9.17) is 14.2 Å². The molecule has 0 N–H and O–H groups in total. The van der Waals surface area contributed by atoms with Gasteiger partial charge in [0.05, 0.1) is 12.0 Å². The van der Waals surface area contributed by atoms with Crippen molar-refractivity contribution < 1.29 is 28.6 Å². The summed E-state index contributed by atoms with van der Waals surface area (Å²) in [5.41, 5.74) is -2.44. The molecule has 9 unspecified atom stereocenters. The Bertz CT molecular complexity index is 629. The predicted molar refractivity (Wildman–Crippen MR) is 88.5 cm³/mol. The van der Waals surface area contributed by atoms with Crippen molar-refractivity contribution in [1.29, 1.82) is 0 Å². The van der Waals surface area contributed by atoms with Crippen LogP contribution in [-0.2, 0) is 28.6 Å². The molecule has 1 saturated carbocycles. The molecule has 1 spiro atoms. The Labute approximate surface area is 148 Å². The second kappa shape index (κ2) is 5.53. The zero-order valence-electron chi connectivity index (χ0n) is 16.0. The number of esters is 2. The molecule has 140 valence electrons. The first-order chi connectivity index (χ1) is 11.5. The van der Waals surface area contributed by atoms with E-state index in [-0.39, 0.29) is 41.5 Å². The lowest BCUT2D eigenvalue weighted by Gasteiger charge is -2.66. The number of hydrogen-bond donors (Lipinski definition) is 0. The fourth-order valence-electron chi connectivity index (χ4n) is 5.62. The van der Waals surface area contributed by atoms with E-state index in [0.29, 0.717) is 0 Å². The molecule has 25 heavy (non-hydrogen) atoms. The summed E-state index contributed by atoms with van der Waals surface area (Å²) in [6.45, 7) is 12.6. The Hall–Kier alpha value is -1.43. The Morgan fingerprint density at radius 2 is 1.68 bits per heavy atom. The molecular formula is C19H28O6. The maximum atomic E-state index is 13.1. The van der Waals surface area contributed by atoms with E-state index in [9.17, 15) is 14.4 Å². The smallest absolute Gasteiger partial charge is 0.322 e. The predicted octanol–water partition coefficient (Wildman–Crippen LogP) is 2.13. The maximum Gasteiger partial charge on any atom is 0.322 e. The fraction of sp³-hybridized carbons (Fsp3) is 0.842. The van der Waals surface area contributed by atoms with Crippen molar-refractivity contribution >= 4 is 17.7 Å². The summed E-state index contributed by atoms with van der Waals surface area (Å²) in [5.74, 6) is -1.91. The lowest BCUT2D eigenvalue weighted by molar-refractivity contribution is -0.318. The fourth-order valence-corrected chi connectivity index (χ4v) is 5.62. The first kappa shape index (κ1) is 18.4. The standard InChI is InChI=1S/C19H28O6/c1-8-12(5)25-19(10(3)14(8)23-13(6)20)11(4)15-9(2)16(21)18(19,7)17(22)24-15/h8-12,14-15H,1-7H3. The lowest BCUT2D eigenvalue weighted by Crippen LogP contribution is -2.80. The summed E-state index contributed by atoms with van der Waals surface area (Å²) in [4.78, 5) is 37.6. The number of fused-ring (bicyclic) bond motifs is 2. The number of Topliss-reactive ketones (excluding diaryl/α,β-unsaturated/α-hetero) is 1. The van der Waals surface area contributed by atoms with Crippen LogP contribution in [0.15, 0.2) is 0 Å². The van der Waals surface area contributed by atoms with Crippen molar-refractivity contribution in [3.63, 3.8) is 0 Å². The van der Waals surface area contributed by atoms with Gasteiger partial charge in [-0.1, -0.05) is 27.7 Å². The SMILES string of the molecule is CC(=O)OC1C(C)C(C)OC2(C(C)C3OC(=O)C2(C)C(=O)C3C)C1C. The molecule has 0 aromatic rings. The topological polar surface area (TPSA) is 78.9 Å². The number of hydrogen-bond acceptors (Lipinski definition) is 6. The van der Waals surface area contributed by atoms with Gasteiger partial charge in [-0.05, 0) is 13.8 Å². The molecule has 1 aliphatic carbocycles. The van der Waals surface area contributed by atoms with Gasteiger partial charge < -0.3 is 14.2 Å². The van der Waals surface area contributed by atoms with Crippen molar-refractivity contribution in [1.82, 2.24) is 0 Å². The van der Waals surface area contributed by atoms with E-state index in [1.807, 2.05) is 34.6 Å². The van der Waals surface area contributed by atoms with Crippen LogP contribution in [0.3, 0.4) is 0 Å². The molecule has 4 fully saturated rings. The highest BCUT2D eigenvalue weighted by Crippen LogP contribution is 2.61. The van der Waals surface area contributed by atoms with E-state index in [1.165, 1.54) is 6.92 Å². The van der Waals surface area contributed by atoms with E-state index in [0.717, 1.165) is 0 Å². The highest BCUT2D eigenvalue weighted by molar-refractivity contribution is 6.09. The first-order valence-corrected chi connectivity index (χ1v) is 9.10. The molecule has 0 aromatic carbocycles. The Morgan fingerprint density at radius 3 is 2.24 bits per heavy atom. The average molecular weight is 352 g/mol. The first-order valence-electron chi connectivity index (χ1n) is 9.10. The number of ether oxygens (including phenoxy) is 3. The number of ketones is 1. The van der Waals surface area contributed by atoms with Crippen molar-refractivity contribution in [2.75, 3.05) is 0 Å². The maximum absolute atomic E-state index is 13.1. The largest absolute Gasteiger partial charge is 0.462 e. The molecule has 3 heterocycles. The van der Waals surface area contributed by atoms with Crippen LogP contribution in [0.25, 0.3) is 0 Å². The minimum Gasteiger partial charge on any atom is -0.462 e. The van der Waals surface area contributed by atoms with Crippen LogP contribution >= 0.6 is 0 Å². The van der Waals surface area contributed by atoms with Gasteiger partial charge in [-0.25, -0.2) is 0 Å². The molecule has 3 saturated heterocycles. The van der Waals surface area contributed by atoms with Crippen LogP contribution in [0.1, 0.15) is 48.5 Å². The van der Waals surface area contributed by atoms with E-state index >= 15 is 0 Å². The van der Waals surface area contributed by atoms with Crippen molar-refractivity contribution in [3.8, 4) is 0 Å². The van der Waals surface area contributed by atoms with Crippen molar-refractivity contribution in [2.45, 2.75) is 72.4 Å². The molecule has 4 aliphatic rings. The van der Waals surface area contributed by atoms with Crippen LogP contribution in [0.2, 0.25) is 0 Å². The van der Waals surface area contributed by atoms with Crippen molar-refractivity contribution in [2.24, 2.45) is 29.1 Å². The summed E-state index contributed by atoms with van der Waals surface area (Å²) in [7, 11) is 0. The van der Waals surface area contributed by atoms with Gasteiger partial charge in [-0.3, -0.25) is 14.4 Å². The van der Waals surface area contributed by atoms with Gasteiger partial charge in [-0.15, -0.1) is 0 Å². The average Bonchev–Trinajstić information content (AvgIpc) is 2.54. The molecule has 0 aromatic heterocycles. The Balaban J connectivity index is 2.17. The summed E-state index contributed by atoms with van der Waals surface area (Å²) >= 11 is 0. The van der Waals surface area contributed by atoms with Gasteiger partial charge in [-0.2, -0.15) is 0 Å². The third-order valence-electron chi connectivity index (χ3n) is 7.11. The third kappa shape index (κ3) is 2.03. The van der Waals surface area contributed by atoms with Gasteiger partial charge in [0.1, 0.15) is 17.8 Å². The summed E-state index contributed by atoms with van der Waals surface area (Å²) in [6, 6.07) is 0. The normalized spacial score (nSPS) is 52.2. The van der Waals surface area contributed by atoms with E-state index < -0.39 is 29.2 Å². The van der Waals surface area contributed by atoms with Gasteiger partial charge in [0.25, 0.3) is 0 Å². The Kier molecular flexibility index (Phi) is 4.06. The summed E-state index contributed by atoms with van der Waals surface area (Å²) < 4.78 is 17.7. The molecule has 6 nitrogen and oxygen atoms in total. The third-order valence-corrected chi connectivity index (χ3v) is 7.11. The number of rotatable bonds is 1. The summed E-state index contributed by atoms with van der Waals surface area (Å²) in [6.07, 6.45) is -1.19. The second-order valence-corrected chi connectivity index (χ2v) is 8.27. The van der Waals surface area contributed by atoms with Gasteiger partial charge in [0, 0.05) is 24.7 Å². The minimum absolute atomic E-state index is 0.0377. The highest BCUT2D eigenvalue weighted by Gasteiger charge is 2.77. The molecule has 3 aliphatic heterocycles. The monoisotopic (exact) mass is 352 g/mol. The van der Waals surface area contributed by atoms with E-state index in [2.05, 4.69) is 0 Å². The second-order valence-electron chi connectivity index (χ2n) is 8.27. The molecule has 9 atom stereocenters. The van der Waals surface area contributed by atoms with Crippen LogP contribution in [0.4, 0.5) is 0 Å². The number of carbonyl (C=O) groups is 3. The molecule has 0 amide bonds. The zero-order chi connectivity index (χ0) is 18.9. The molecule has 4 rings (SSSR count). The molecule has 0 radical (unpaired) electrons. The van der Waals surface area contributed by atoms with Crippen LogP contribution < -0.4 is 0 Å². The lowest BCUT2D eigenvalue weighted by atomic mass is 9.47. The zero-order valence-corrected chi connectivity index (χ0v) is 16.0. The highest BCUT2D eigenvalue weighted by atomic mass is 16.6. The molecule has 6 heteroatoms. The van der Waals surface area contributed by atoms with Gasteiger partial charge in [0.2, 0.25) is 0 Å². The van der Waals surface area contributed by atoms with Gasteiger partial charge >= 0.3 is 11.9 Å². The van der Waals surface area contributed by atoms with Crippen LogP contribution in [0.5, 0.6) is 0 Å². The van der Waals surface area contributed by atoms with Gasteiger partial charge in [0.15, 0.2) is 11.2 Å². The van der Waals surface area contributed by atoms with Crippen molar-refractivity contribution in [3.05, 3.63) is 0 Å². The van der Waals surface area contributed by atoms with Crippen LogP contribution in [0, 0.1) is 29.1 Å². The minimum atomic E-state index is -1.40. The van der Waals surface area contributed by atoms with E-state index in [1.54, 1.807) is 6.92 Å². The van der Waals surface area contributed by atoms with Crippen LogP contribution in [-0.4, -0.2) is 41.6 Å². The Morgan fingerprint density at radius 1 is 1.08 bits per heavy atom.